The van der Waals surface area contributed by atoms with Gasteiger partial charge in [0.2, 0.25) is 0 Å². The molecule has 0 spiro atoms. The molecule has 0 fully saturated rings. The molecule has 2 aromatic rings. The van der Waals surface area contributed by atoms with Crippen molar-refractivity contribution in [2.24, 2.45) is 0 Å². The van der Waals surface area contributed by atoms with Crippen LogP contribution in [0.1, 0.15) is 23.0 Å². The third kappa shape index (κ3) is 2.84. The van der Waals surface area contributed by atoms with Crippen molar-refractivity contribution in [3.8, 4) is 0 Å². The summed E-state index contributed by atoms with van der Waals surface area (Å²) in [5.41, 5.74) is 3.14. The summed E-state index contributed by atoms with van der Waals surface area (Å²) in [5, 5.41) is 11.4. The smallest absolute Gasteiger partial charge is 0.277 e. The second-order valence-electron chi connectivity index (χ2n) is 3.82. The van der Waals surface area contributed by atoms with Gasteiger partial charge in [0.1, 0.15) is 0 Å². The molecule has 94 valence electrons. The highest BCUT2D eigenvalue weighted by atomic mass is 32.1. The van der Waals surface area contributed by atoms with Crippen molar-refractivity contribution in [2.75, 3.05) is 17.2 Å². The first-order chi connectivity index (χ1) is 8.70. The zero-order valence-electron chi connectivity index (χ0n) is 10.2. The third-order valence-corrected chi connectivity index (χ3v) is 2.89. The van der Waals surface area contributed by atoms with E-state index >= 15 is 0 Å². The Labute approximate surface area is 109 Å². The number of amides is 1. The van der Waals surface area contributed by atoms with Crippen LogP contribution in [-0.2, 0) is 0 Å². The Hall–Kier alpha value is -1.95. The molecule has 2 rings (SSSR count). The molecular weight excluding hydrogens is 248 g/mol. The van der Waals surface area contributed by atoms with E-state index in [1.54, 1.807) is 5.38 Å². The second-order valence-corrected chi connectivity index (χ2v) is 4.43. The molecule has 5 nitrogen and oxygen atoms in total. The van der Waals surface area contributed by atoms with Crippen LogP contribution in [-0.4, -0.2) is 22.0 Å². The standard InChI is InChI=1S/C12H14N4OS/c1-3-13-10-6-8(2)4-5-9(10)14-12(17)11-7-18-16-15-11/h4-7,13H,3H2,1-2H3,(H,14,17). The van der Waals surface area contributed by atoms with Crippen LogP contribution in [0.4, 0.5) is 11.4 Å². The van der Waals surface area contributed by atoms with Gasteiger partial charge >= 0.3 is 0 Å². The van der Waals surface area contributed by atoms with Gasteiger partial charge in [-0.25, -0.2) is 0 Å². The Morgan fingerprint density at radius 1 is 1.39 bits per heavy atom. The monoisotopic (exact) mass is 262 g/mol. The summed E-state index contributed by atoms with van der Waals surface area (Å²) in [6.07, 6.45) is 0. The summed E-state index contributed by atoms with van der Waals surface area (Å²) >= 11 is 1.16. The van der Waals surface area contributed by atoms with E-state index in [1.165, 1.54) is 0 Å². The van der Waals surface area contributed by atoms with Crippen LogP contribution in [0.5, 0.6) is 0 Å². The maximum Gasteiger partial charge on any atom is 0.277 e. The first-order valence-corrected chi connectivity index (χ1v) is 6.47. The molecule has 0 atom stereocenters. The van der Waals surface area contributed by atoms with E-state index in [1.807, 2.05) is 32.0 Å². The summed E-state index contributed by atoms with van der Waals surface area (Å²) < 4.78 is 3.67. The highest BCUT2D eigenvalue weighted by molar-refractivity contribution is 7.03. The van der Waals surface area contributed by atoms with Gasteiger partial charge in [0.25, 0.3) is 5.91 Å². The van der Waals surface area contributed by atoms with Crippen LogP contribution in [0.2, 0.25) is 0 Å². The van der Waals surface area contributed by atoms with Gasteiger partial charge in [-0.15, -0.1) is 5.10 Å². The van der Waals surface area contributed by atoms with Crippen molar-refractivity contribution in [2.45, 2.75) is 13.8 Å². The minimum atomic E-state index is -0.244. The van der Waals surface area contributed by atoms with E-state index in [0.717, 1.165) is 35.0 Å². The lowest BCUT2D eigenvalue weighted by molar-refractivity contribution is 0.102. The molecule has 0 saturated heterocycles. The molecule has 0 unspecified atom stereocenters. The largest absolute Gasteiger partial charge is 0.384 e. The Bertz CT molecular complexity index is 539. The average molecular weight is 262 g/mol. The molecule has 0 aliphatic rings. The van der Waals surface area contributed by atoms with Crippen LogP contribution in [0.15, 0.2) is 23.6 Å². The lowest BCUT2D eigenvalue weighted by Gasteiger charge is -2.12. The minimum Gasteiger partial charge on any atom is -0.384 e. The number of rotatable bonds is 4. The molecule has 0 aliphatic heterocycles. The molecular formula is C12H14N4OS. The Morgan fingerprint density at radius 3 is 2.89 bits per heavy atom. The molecule has 6 heteroatoms. The number of carbonyl (C=O) groups excluding carboxylic acids is 1. The maximum absolute atomic E-state index is 11.9. The van der Waals surface area contributed by atoms with Gasteiger partial charge in [-0.2, -0.15) is 0 Å². The van der Waals surface area contributed by atoms with Crippen molar-refractivity contribution in [1.29, 1.82) is 0 Å². The lowest BCUT2D eigenvalue weighted by Crippen LogP contribution is -2.14. The molecule has 1 amide bonds. The third-order valence-electron chi connectivity index (χ3n) is 2.38. The van der Waals surface area contributed by atoms with E-state index < -0.39 is 0 Å². The van der Waals surface area contributed by atoms with Crippen molar-refractivity contribution in [1.82, 2.24) is 9.59 Å². The molecule has 1 heterocycles. The van der Waals surface area contributed by atoms with Crippen LogP contribution < -0.4 is 10.6 Å². The number of hydrogen-bond donors (Lipinski definition) is 2. The first-order valence-electron chi connectivity index (χ1n) is 5.63. The van der Waals surface area contributed by atoms with Gasteiger partial charge in [-0.3, -0.25) is 4.79 Å². The number of nitrogens with zero attached hydrogens (tertiary/aromatic N) is 2. The number of aryl methyl sites for hydroxylation is 1. The summed E-state index contributed by atoms with van der Waals surface area (Å²) in [5.74, 6) is -0.244. The fourth-order valence-electron chi connectivity index (χ4n) is 1.55. The number of hydrogen-bond acceptors (Lipinski definition) is 5. The SMILES string of the molecule is CCNc1cc(C)ccc1NC(=O)c1csnn1. The van der Waals surface area contributed by atoms with Crippen LogP contribution >= 0.6 is 11.5 Å². The van der Waals surface area contributed by atoms with E-state index in [-0.39, 0.29) is 5.91 Å². The summed E-state index contributed by atoms with van der Waals surface area (Å²) in [7, 11) is 0. The molecule has 2 N–H and O–H groups in total. The maximum atomic E-state index is 11.9. The summed E-state index contributed by atoms with van der Waals surface area (Å²) in [6, 6.07) is 5.83. The van der Waals surface area contributed by atoms with E-state index in [4.69, 9.17) is 0 Å². The van der Waals surface area contributed by atoms with Gasteiger partial charge in [0.05, 0.1) is 11.4 Å². The molecule has 0 bridgehead atoms. The molecule has 0 saturated carbocycles. The predicted octanol–water partition coefficient (Wildman–Crippen LogP) is 2.53. The van der Waals surface area contributed by atoms with Crippen molar-refractivity contribution in [3.05, 3.63) is 34.8 Å². The van der Waals surface area contributed by atoms with E-state index in [0.29, 0.717) is 5.69 Å². The number of nitrogens with one attached hydrogen (secondary N) is 2. The highest BCUT2D eigenvalue weighted by Gasteiger charge is 2.11. The van der Waals surface area contributed by atoms with Crippen molar-refractivity contribution < 1.29 is 4.79 Å². The van der Waals surface area contributed by atoms with Crippen LogP contribution in [0, 0.1) is 6.92 Å². The highest BCUT2D eigenvalue weighted by Crippen LogP contribution is 2.23. The topological polar surface area (TPSA) is 66.9 Å². The van der Waals surface area contributed by atoms with Gasteiger partial charge < -0.3 is 10.6 Å². The van der Waals surface area contributed by atoms with E-state index in [2.05, 4.69) is 20.2 Å². The fraction of sp³-hybridized carbons (Fsp3) is 0.250. The number of aromatic nitrogens is 2. The van der Waals surface area contributed by atoms with Crippen molar-refractivity contribution >= 4 is 28.8 Å². The zero-order valence-corrected chi connectivity index (χ0v) is 11.0. The molecule has 0 radical (unpaired) electrons. The predicted molar refractivity (Wildman–Crippen MR) is 73.2 cm³/mol. The molecule has 1 aromatic carbocycles. The Balaban J connectivity index is 2.20. The molecule has 0 aliphatic carbocycles. The molecule has 1 aromatic heterocycles. The second kappa shape index (κ2) is 5.59. The summed E-state index contributed by atoms with van der Waals surface area (Å²) in [6.45, 7) is 4.82. The van der Waals surface area contributed by atoms with Crippen molar-refractivity contribution in [3.63, 3.8) is 0 Å². The normalized spacial score (nSPS) is 10.1. The van der Waals surface area contributed by atoms with Crippen LogP contribution in [0.25, 0.3) is 0 Å². The Morgan fingerprint density at radius 2 is 2.22 bits per heavy atom. The fourth-order valence-corrected chi connectivity index (χ4v) is 1.99. The van der Waals surface area contributed by atoms with Gasteiger partial charge in [-0.05, 0) is 43.1 Å². The summed E-state index contributed by atoms with van der Waals surface area (Å²) in [4.78, 5) is 11.9. The van der Waals surface area contributed by atoms with Gasteiger partial charge in [0.15, 0.2) is 5.69 Å². The van der Waals surface area contributed by atoms with Gasteiger partial charge in [-0.1, -0.05) is 10.6 Å². The minimum absolute atomic E-state index is 0.244. The Kier molecular flexibility index (Phi) is 3.88. The molecule has 18 heavy (non-hydrogen) atoms. The first kappa shape index (κ1) is 12.5. The van der Waals surface area contributed by atoms with E-state index in [9.17, 15) is 4.79 Å². The number of anilines is 2. The average Bonchev–Trinajstić information content (AvgIpc) is 2.86. The lowest BCUT2D eigenvalue weighted by atomic mass is 10.2. The van der Waals surface area contributed by atoms with Crippen LogP contribution in [0.3, 0.4) is 0 Å². The van der Waals surface area contributed by atoms with Gasteiger partial charge in [0, 0.05) is 11.9 Å². The quantitative estimate of drug-likeness (QED) is 0.888. The number of carbonyl (C=O) groups is 1. The zero-order chi connectivity index (χ0) is 13.0. The number of benzene rings is 1.